The molecule has 0 aliphatic heterocycles. The van der Waals surface area contributed by atoms with Gasteiger partial charge in [0.15, 0.2) is 0 Å². The number of halogens is 3. The summed E-state index contributed by atoms with van der Waals surface area (Å²) in [5, 5.41) is 0. The minimum Gasteiger partial charge on any atom is -0.468 e. The van der Waals surface area contributed by atoms with Gasteiger partial charge < -0.3 is 9.47 Å². The molecule has 8 heteroatoms. The maximum absolute atomic E-state index is 12.3. The zero-order valence-electron chi connectivity index (χ0n) is 10.6. The molecule has 0 spiro atoms. The number of alkyl halides is 3. The predicted molar refractivity (Wildman–Crippen MR) is 55.9 cm³/mol. The van der Waals surface area contributed by atoms with Gasteiger partial charge in [0.05, 0.1) is 7.11 Å². The first-order valence-corrected chi connectivity index (χ1v) is 5.06. The summed E-state index contributed by atoms with van der Waals surface area (Å²) in [6.07, 6.45) is -5.84. The monoisotopic (exact) mass is 271 g/mol. The van der Waals surface area contributed by atoms with E-state index in [4.69, 9.17) is 4.74 Å². The number of ether oxygens (including phenoxy) is 2. The maximum atomic E-state index is 12.3. The van der Waals surface area contributed by atoms with E-state index in [1.165, 1.54) is 20.8 Å². The van der Waals surface area contributed by atoms with Crippen molar-refractivity contribution in [2.24, 2.45) is 0 Å². The zero-order valence-corrected chi connectivity index (χ0v) is 10.6. The minimum absolute atomic E-state index is 0.247. The third-order valence-electron chi connectivity index (χ3n) is 1.57. The van der Waals surface area contributed by atoms with Crippen LogP contribution in [0.15, 0.2) is 0 Å². The Hall–Kier alpha value is -1.47. The SMILES string of the molecule is COC(=O)CN(CC(F)(F)F)C(=O)OC(C)(C)C. The molecular formula is C10H16F3NO4. The highest BCUT2D eigenvalue weighted by Gasteiger charge is 2.36. The van der Waals surface area contributed by atoms with E-state index in [0.717, 1.165) is 7.11 Å². The van der Waals surface area contributed by atoms with Gasteiger partial charge in [0.1, 0.15) is 18.7 Å². The van der Waals surface area contributed by atoms with Gasteiger partial charge >= 0.3 is 18.2 Å². The van der Waals surface area contributed by atoms with Gasteiger partial charge in [-0.25, -0.2) is 4.79 Å². The van der Waals surface area contributed by atoms with E-state index in [1.807, 2.05) is 0 Å². The van der Waals surface area contributed by atoms with Crippen molar-refractivity contribution in [2.75, 3.05) is 20.2 Å². The van der Waals surface area contributed by atoms with Crippen LogP contribution in [0.2, 0.25) is 0 Å². The van der Waals surface area contributed by atoms with E-state index >= 15 is 0 Å². The Morgan fingerprint density at radius 2 is 1.67 bits per heavy atom. The molecule has 0 aromatic rings. The highest BCUT2D eigenvalue weighted by Crippen LogP contribution is 2.18. The zero-order chi connectivity index (χ0) is 14.6. The fourth-order valence-electron chi connectivity index (χ4n) is 0.948. The first-order chi connectivity index (χ1) is 7.94. The second-order valence-corrected chi connectivity index (χ2v) is 4.53. The van der Waals surface area contributed by atoms with Crippen LogP contribution in [0, 0.1) is 0 Å². The third-order valence-corrected chi connectivity index (χ3v) is 1.57. The van der Waals surface area contributed by atoms with E-state index in [9.17, 15) is 22.8 Å². The predicted octanol–water partition coefficient (Wildman–Crippen LogP) is 1.96. The second kappa shape index (κ2) is 5.92. The van der Waals surface area contributed by atoms with Crippen molar-refractivity contribution in [2.45, 2.75) is 32.5 Å². The quantitative estimate of drug-likeness (QED) is 0.736. The van der Waals surface area contributed by atoms with Crippen molar-refractivity contribution >= 4 is 12.1 Å². The number of carbonyl (C=O) groups excluding carboxylic acids is 2. The lowest BCUT2D eigenvalue weighted by Crippen LogP contribution is -2.44. The molecule has 0 bridgehead atoms. The Morgan fingerprint density at radius 1 is 1.17 bits per heavy atom. The van der Waals surface area contributed by atoms with Crippen LogP contribution in [0.5, 0.6) is 0 Å². The van der Waals surface area contributed by atoms with Crippen LogP contribution in [-0.2, 0) is 14.3 Å². The minimum atomic E-state index is -4.62. The standard InChI is InChI=1S/C10H16F3NO4/c1-9(2,3)18-8(16)14(5-7(15)17-4)6-10(11,12)13/h5-6H2,1-4H3. The first kappa shape index (κ1) is 16.5. The van der Waals surface area contributed by atoms with Crippen LogP contribution < -0.4 is 0 Å². The number of methoxy groups -OCH3 is 1. The molecular weight excluding hydrogens is 255 g/mol. The lowest BCUT2D eigenvalue weighted by molar-refractivity contribution is -0.154. The number of carbonyl (C=O) groups is 2. The Balaban J connectivity index is 4.75. The van der Waals surface area contributed by atoms with Crippen LogP contribution in [-0.4, -0.2) is 48.9 Å². The molecule has 1 amide bonds. The van der Waals surface area contributed by atoms with Crippen molar-refractivity contribution < 1.29 is 32.2 Å². The van der Waals surface area contributed by atoms with Crippen molar-refractivity contribution in [1.82, 2.24) is 4.90 Å². The van der Waals surface area contributed by atoms with Crippen molar-refractivity contribution in [3.05, 3.63) is 0 Å². The van der Waals surface area contributed by atoms with Gasteiger partial charge in [0.2, 0.25) is 0 Å². The molecule has 0 unspecified atom stereocenters. The molecule has 0 rings (SSSR count). The Morgan fingerprint density at radius 3 is 2.00 bits per heavy atom. The maximum Gasteiger partial charge on any atom is 0.411 e. The Labute approximate surface area is 103 Å². The summed E-state index contributed by atoms with van der Waals surface area (Å²) < 4.78 is 45.7. The van der Waals surface area contributed by atoms with Gasteiger partial charge in [-0.05, 0) is 20.8 Å². The summed E-state index contributed by atoms with van der Waals surface area (Å²) in [4.78, 5) is 22.7. The summed E-state index contributed by atoms with van der Waals surface area (Å²) >= 11 is 0. The summed E-state index contributed by atoms with van der Waals surface area (Å²) in [5.41, 5.74) is -0.947. The van der Waals surface area contributed by atoms with Gasteiger partial charge in [0.25, 0.3) is 0 Å². The third kappa shape index (κ3) is 7.75. The molecule has 106 valence electrons. The van der Waals surface area contributed by atoms with Gasteiger partial charge in [-0.2, -0.15) is 13.2 Å². The van der Waals surface area contributed by atoms with E-state index in [-0.39, 0.29) is 4.90 Å². The highest BCUT2D eigenvalue weighted by molar-refractivity contribution is 5.78. The largest absolute Gasteiger partial charge is 0.468 e. The topological polar surface area (TPSA) is 55.8 Å². The highest BCUT2D eigenvalue weighted by atomic mass is 19.4. The molecule has 0 saturated heterocycles. The van der Waals surface area contributed by atoms with Crippen LogP contribution in [0.4, 0.5) is 18.0 Å². The molecule has 0 fully saturated rings. The molecule has 0 heterocycles. The summed E-state index contributed by atoms with van der Waals surface area (Å²) in [5.74, 6) is -0.954. The first-order valence-electron chi connectivity index (χ1n) is 5.06. The summed E-state index contributed by atoms with van der Waals surface area (Å²) in [6.45, 7) is 2.14. The molecule has 18 heavy (non-hydrogen) atoms. The van der Waals surface area contributed by atoms with Crippen LogP contribution >= 0.6 is 0 Å². The molecule has 0 N–H and O–H groups in total. The van der Waals surface area contributed by atoms with Gasteiger partial charge in [0, 0.05) is 0 Å². The van der Waals surface area contributed by atoms with Gasteiger partial charge in [-0.15, -0.1) is 0 Å². The second-order valence-electron chi connectivity index (χ2n) is 4.53. The summed E-state index contributed by atoms with van der Waals surface area (Å²) in [6, 6.07) is 0. The average Bonchev–Trinajstić information content (AvgIpc) is 2.11. The number of rotatable bonds is 3. The van der Waals surface area contributed by atoms with Gasteiger partial charge in [-0.1, -0.05) is 0 Å². The van der Waals surface area contributed by atoms with Crippen molar-refractivity contribution in [3.8, 4) is 0 Å². The molecule has 0 aliphatic rings. The smallest absolute Gasteiger partial charge is 0.411 e. The fourth-order valence-corrected chi connectivity index (χ4v) is 0.948. The molecule has 0 aliphatic carbocycles. The fraction of sp³-hybridized carbons (Fsp3) is 0.800. The van der Waals surface area contributed by atoms with Gasteiger partial charge in [-0.3, -0.25) is 9.69 Å². The lowest BCUT2D eigenvalue weighted by Gasteiger charge is -2.27. The van der Waals surface area contributed by atoms with Crippen LogP contribution in [0.3, 0.4) is 0 Å². The van der Waals surface area contributed by atoms with E-state index in [0.29, 0.717) is 0 Å². The average molecular weight is 271 g/mol. The van der Waals surface area contributed by atoms with Crippen LogP contribution in [0.1, 0.15) is 20.8 Å². The number of amides is 1. The Kier molecular flexibility index (Phi) is 5.44. The van der Waals surface area contributed by atoms with Crippen molar-refractivity contribution in [3.63, 3.8) is 0 Å². The van der Waals surface area contributed by atoms with E-state index < -0.39 is 36.9 Å². The number of esters is 1. The molecule has 0 aromatic heterocycles. The molecule has 5 nitrogen and oxygen atoms in total. The van der Waals surface area contributed by atoms with Crippen molar-refractivity contribution in [1.29, 1.82) is 0 Å². The summed E-state index contributed by atoms with van der Waals surface area (Å²) in [7, 11) is 1.02. The molecule has 0 saturated carbocycles. The van der Waals surface area contributed by atoms with E-state index in [1.54, 1.807) is 0 Å². The number of hydrogen-bond acceptors (Lipinski definition) is 4. The number of hydrogen-bond donors (Lipinski definition) is 0. The molecule has 0 radical (unpaired) electrons. The normalized spacial score (nSPS) is 11.9. The van der Waals surface area contributed by atoms with E-state index in [2.05, 4.69) is 4.74 Å². The lowest BCUT2D eigenvalue weighted by atomic mass is 10.2. The molecule has 0 aromatic carbocycles. The number of nitrogens with zero attached hydrogens (tertiary/aromatic N) is 1. The molecule has 0 atom stereocenters. The van der Waals surface area contributed by atoms with Crippen LogP contribution in [0.25, 0.3) is 0 Å². The Bertz CT molecular complexity index is 309.